The minimum Gasteiger partial charge on any atom is -0.489 e. The van der Waals surface area contributed by atoms with Crippen molar-refractivity contribution in [1.82, 2.24) is 0 Å². The third-order valence-electron chi connectivity index (χ3n) is 1.29. The molecule has 0 saturated carbocycles. The van der Waals surface area contributed by atoms with Crippen molar-refractivity contribution in [3.05, 3.63) is 28.0 Å². The molecule has 0 radical (unpaired) electrons. The number of benzene rings is 1. The average Bonchev–Trinajstić information content (AvgIpc) is 2.06. The molecular weight excluding hydrogens is 202 g/mol. The van der Waals surface area contributed by atoms with Crippen LogP contribution in [0.4, 0.5) is 4.39 Å². The van der Waals surface area contributed by atoms with E-state index in [9.17, 15) is 4.39 Å². The number of ether oxygens (including phenoxy) is 1. The second-order valence-electron chi connectivity index (χ2n) is 2.11. The Morgan fingerprint density at radius 2 is 2.08 bits per heavy atom. The minimum absolute atomic E-state index is 0.0201. The van der Waals surface area contributed by atoms with Crippen LogP contribution in [0.15, 0.2) is 12.1 Å². The number of halogens is 3. The van der Waals surface area contributed by atoms with Gasteiger partial charge in [0.2, 0.25) is 0 Å². The van der Waals surface area contributed by atoms with E-state index >= 15 is 0 Å². The molecular formula is C8H7Cl2FO. The zero-order valence-electron chi connectivity index (χ0n) is 6.40. The molecule has 0 unspecified atom stereocenters. The Morgan fingerprint density at radius 3 is 2.67 bits per heavy atom. The van der Waals surface area contributed by atoms with Gasteiger partial charge in [0, 0.05) is 0 Å². The molecule has 1 aromatic rings. The van der Waals surface area contributed by atoms with Crippen molar-refractivity contribution in [2.45, 2.75) is 6.92 Å². The summed E-state index contributed by atoms with van der Waals surface area (Å²) >= 11 is 11.3. The molecule has 4 heteroatoms. The van der Waals surface area contributed by atoms with Crippen LogP contribution in [0.5, 0.6) is 5.75 Å². The highest BCUT2D eigenvalue weighted by Gasteiger charge is 2.10. The Hall–Kier alpha value is -0.470. The van der Waals surface area contributed by atoms with Crippen molar-refractivity contribution in [1.29, 1.82) is 0 Å². The van der Waals surface area contributed by atoms with E-state index in [1.165, 1.54) is 12.1 Å². The Kier molecular flexibility index (Phi) is 3.18. The quantitative estimate of drug-likeness (QED) is 0.677. The Morgan fingerprint density at radius 1 is 1.42 bits per heavy atom. The predicted molar refractivity (Wildman–Crippen MR) is 47.6 cm³/mol. The highest BCUT2D eigenvalue weighted by Crippen LogP contribution is 2.33. The van der Waals surface area contributed by atoms with E-state index < -0.39 is 5.82 Å². The maximum Gasteiger partial charge on any atom is 0.174 e. The third-order valence-corrected chi connectivity index (χ3v) is 2.08. The summed E-state index contributed by atoms with van der Waals surface area (Å²) in [7, 11) is 0. The summed E-state index contributed by atoms with van der Waals surface area (Å²) in [5.41, 5.74) is 0. The summed E-state index contributed by atoms with van der Waals surface area (Å²) < 4.78 is 17.9. The van der Waals surface area contributed by atoms with Crippen LogP contribution in [0, 0.1) is 5.82 Å². The van der Waals surface area contributed by atoms with Crippen molar-refractivity contribution >= 4 is 23.2 Å². The van der Waals surface area contributed by atoms with Gasteiger partial charge in [-0.3, -0.25) is 0 Å². The van der Waals surface area contributed by atoms with Crippen LogP contribution >= 0.6 is 23.2 Å². The van der Waals surface area contributed by atoms with Crippen LogP contribution in [-0.4, -0.2) is 6.61 Å². The highest BCUT2D eigenvalue weighted by atomic mass is 35.5. The first-order chi connectivity index (χ1) is 5.66. The first-order valence-electron chi connectivity index (χ1n) is 3.43. The lowest BCUT2D eigenvalue weighted by Gasteiger charge is -2.06. The van der Waals surface area contributed by atoms with E-state index in [1.54, 1.807) is 6.92 Å². The Bertz CT molecular complexity index is 289. The molecule has 0 atom stereocenters. The first-order valence-corrected chi connectivity index (χ1v) is 4.18. The maximum absolute atomic E-state index is 12.9. The summed E-state index contributed by atoms with van der Waals surface area (Å²) in [5, 5.41) is 0.417. The van der Waals surface area contributed by atoms with Crippen molar-refractivity contribution in [2.75, 3.05) is 6.61 Å². The molecule has 0 aliphatic carbocycles. The Balaban J connectivity index is 3.14. The SMILES string of the molecule is CCOc1c(F)ccc(Cl)c1Cl. The molecule has 1 rings (SSSR count). The molecule has 66 valence electrons. The van der Waals surface area contributed by atoms with Gasteiger partial charge in [-0.1, -0.05) is 23.2 Å². The van der Waals surface area contributed by atoms with Gasteiger partial charge in [-0.05, 0) is 19.1 Å². The molecule has 12 heavy (non-hydrogen) atoms. The lowest BCUT2D eigenvalue weighted by molar-refractivity contribution is 0.322. The molecule has 0 saturated heterocycles. The summed E-state index contributed by atoms with van der Waals surface area (Å²) in [5.74, 6) is -0.474. The highest BCUT2D eigenvalue weighted by molar-refractivity contribution is 6.42. The Labute approximate surface area is 80.0 Å². The molecule has 0 fully saturated rings. The molecule has 0 amide bonds. The van der Waals surface area contributed by atoms with E-state index in [2.05, 4.69) is 0 Å². The van der Waals surface area contributed by atoms with Crippen LogP contribution in [-0.2, 0) is 0 Å². The van der Waals surface area contributed by atoms with E-state index in [-0.39, 0.29) is 10.8 Å². The summed E-state index contributed by atoms with van der Waals surface area (Å²) in [4.78, 5) is 0. The molecule has 0 aliphatic rings. The maximum atomic E-state index is 12.9. The molecule has 1 nitrogen and oxygen atoms in total. The number of hydrogen-bond acceptors (Lipinski definition) is 1. The second-order valence-corrected chi connectivity index (χ2v) is 2.89. The monoisotopic (exact) mass is 208 g/mol. The van der Waals surface area contributed by atoms with Gasteiger partial charge in [0.05, 0.1) is 11.6 Å². The molecule has 0 aliphatic heterocycles. The van der Waals surface area contributed by atoms with Crippen molar-refractivity contribution < 1.29 is 9.13 Å². The van der Waals surface area contributed by atoms with E-state index in [1.807, 2.05) is 0 Å². The van der Waals surface area contributed by atoms with Crippen molar-refractivity contribution in [3.63, 3.8) is 0 Å². The standard InChI is InChI=1S/C8H7Cl2FO/c1-2-12-8-6(11)4-3-5(9)7(8)10/h3-4H,2H2,1H3. The van der Waals surface area contributed by atoms with E-state index in [0.29, 0.717) is 11.6 Å². The summed E-state index contributed by atoms with van der Waals surface area (Å²) in [6, 6.07) is 2.61. The zero-order valence-corrected chi connectivity index (χ0v) is 7.92. The lowest BCUT2D eigenvalue weighted by Crippen LogP contribution is -1.95. The molecule has 0 heterocycles. The summed E-state index contributed by atoms with van der Waals surface area (Å²) in [6.07, 6.45) is 0. The molecule has 0 aromatic heterocycles. The van der Waals surface area contributed by atoms with Gasteiger partial charge in [-0.25, -0.2) is 4.39 Å². The first kappa shape index (κ1) is 9.62. The lowest BCUT2D eigenvalue weighted by atomic mass is 10.3. The molecule has 1 aromatic carbocycles. The van der Waals surface area contributed by atoms with Gasteiger partial charge < -0.3 is 4.74 Å². The van der Waals surface area contributed by atoms with E-state index in [0.717, 1.165) is 0 Å². The zero-order chi connectivity index (χ0) is 9.14. The second kappa shape index (κ2) is 3.97. The van der Waals surface area contributed by atoms with Crippen molar-refractivity contribution in [3.8, 4) is 5.75 Å². The van der Waals surface area contributed by atoms with Crippen molar-refractivity contribution in [2.24, 2.45) is 0 Å². The van der Waals surface area contributed by atoms with Gasteiger partial charge in [0.15, 0.2) is 11.6 Å². The third kappa shape index (κ3) is 1.82. The topological polar surface area (TPSA) is 9.23 Å². The van der Waals surface area contributed by atoms with Gasteiger partial charge in [-0.2, -0.15) is 0 Å². The van der Waals surface area contributed by atoms with Gasteiger partial charge in [0.25, 0.3) is 0 Å². The molecule has 0 N–H and O–H groups in total. The van der Waals surface area contributed by atoms with E-state index in [4.69, 9.17) is 27.9 Å². The van der Waals surface area contributed by atoms with Crippen LogP contribution in [0.2, 0.25) is 10.0 Å². The van der Waals surface area contributed by atoms with Gasteiger partial charge in [-0.15, -0.1) is 0 Å². The fourth-order valence-corrected chi connectivity index (χ4v) is 1.14. The fraction of sp³-hybridized carbons (Fsp3) is 0.250. The van der Waals surface area contributed by atoms with Gasteiger partial charge >= 0.3 is 0 Å². The number of hydrogen-bond donors (Lipinski definition) is 0. The normalized spacial score (nSPS) is 10.0. The molecule has 0 spiro atoms. The average molecular weight is 209 g/mol. The smallest absolute Gasteiger partial charge is 0.174 e. The molecule has 0 bridgehead atoms. The van der Waals surface area contributed by atoms with Gasteiger partial charge in [0.1, 0.15) is 5.02 Å². The van der Waals surface area contributed by atoms with Crippen LogP contribution in [0.25, 0.3) is 0 Å². The number of rotatable bonds is 2. The largest absolute Gasteiger partial charge is 0.489 e. The summed E-state index contributed by atoms with van der Waals surface area (Å²) in [6.45, 7) is 2.10. The minimum atomic E-state index is -0.494. The fourth-order valence-electron chi connectivity index (χ4n) is 0.785. The van der Waals surface area contributed by atoms with Crippen LogP contribution in [0.1, 0.15) is 6.92 Å². The van der Waals surface area contributed by atoms with Crippen LogP contribution < -0.4 is 4.74 Å². The predicted octanol–water partition coefficient (Wildman–Crippen LogP) is 3.53. The van der Waals surface area contributed by atoms with Crippen LogP contribution in [0.3, 0.4) is 0 Å².